The van der Waals surface area contributed by atoms with Crippen molar-refractivity contribution in [3.8, 4) is 0 Å². The normalized spacial score (nSPS) is 13.1. The summed E-state index contributed by atoms with van der Waals surface area (Å²) < 4.78 is -0.260. The van der Waals surface area contributed by atoms with E-state index in [0.717, 1.165) is 0 Å². The molecule has 0 aliphatic heterocycles. The number of aliphatic carboxylic acids is 1. The molecule has 0 spiro atoms. The summed E-state index contributed by atoms with van der Waals surface area (Å²) in [5.41, 5.74) is 0. The molecule has 0 aromatic rings. The molecule has 0 rings (SSSR count). The Kier molecular flexibility index (Phi) is 4.82. The molecule has 0 saturated heterocycles. The van der Waals surface area contributed by atoms with Gasteiger partial charge in [0, 0.05) is 0 Å². The van der Waals surface area contributed by atoms with Crippen LogP contribution in [0, 0.1) is 0 Å². The number of carbonyl (C=O) groups is 1. The van der Waals surface area contributed by atoms with Crippen molar-refractivity contribution >= 4 is 22.8 Å². The molecule has 2 unspecified atom stereocenters. The molecule has 0 bridgehead atoms. The monoisotopic (exact) mass is 194 g/mol. The second-order valence-electron chi connectivity index (χ2n) is 1.81. The predicted octanol–water partition coefficient (Wildman–Crippen LogP) is -0.735. The summed E-state index contributed by atoms with van der Waals surface area (Å²) in [6.07, 6.45) is 1.18. The van der Waals surface area contributed by atoms with Crippen LogP contribution < -0.4 is 0 Å². The van der Waals surface area contributed by atoms with E-state index in [1.165, 1.54) is 16.9 Å². The zero-order chi connectivity index (χ0) is 7.28. The van der Waals surface area contributed by atoms with Crippen LogP contribution in [0.15, 0.2) is 0 Å². The fourth-order valence-corrected chi connectivity index (χ4v) is 0.929. The Morgan fingerprint density at radius 3 is 2.56 bits per heavy atom. The van der Waals surface area contributed by atoms with Crippen LogP contribution in [0.4, 0.5) is 0 Å². The standard InChI is InChI=1S/C5H11AsO3/c6-4(5(8)9)2-1-3-7/h4,7H,1-3,6H2,(H,8,9). The van der Waals surface area contributed by atoms with Gasteiger partial charge in [-0.05, 0) is 0 Å². The molecule has 0 aromatic heterocycles. The van der Waals surface area contributed by atoms with E-state index < -0.39 is 5.97 Å². The zero-order valence-electron chi connectivity index (χ0n) is 5.08. The number of rotatable bonds is 4. The van der Waals surface area contributed by atoms with Crippen molar-refractivity contribution in [3.63, 3.8) is 0 Å². The van der Waals surface area contributed by atoms with E-state index in [4.69, 9.17) is 10.2 Å². The molecule has 2 atom stereocenters. The number of hydrogen-bond donors (Lipinski definition) is 2. The average Bonchev–Trinajstić information content (AvgIpc) is 1.82. The summed E-state index contributed by atoms with van der Waals surface area (Å²) in [7, 11) is 0. The molecule has 0 aliphatic rings. The van der Waals surface area contributed by atoms with E-state index in [9.17, 15) is 4.79 Å². The summed E-state index contributed by atoms with van der Waals surface area (Å²) in [6, 6.07) is 0. The third-order valence-electron chi connectivity index (χ3n) is 0.990. The molecule has 4 heteroatoms. The molecule has 3 nitrogen and oxygen atoms in total. The van der Waals surface area contributed by atoms with Crippen LogP contribution in [0.1, 0.15) is 12.8 Å². The van der Waals surface area contributed by atoms with Crippen molar-refractivity contribution in [3.05, 3.63) is 0 Å². The van der Waals surface area contributed by atoms with Crippen LogP contribution in [0.3, 0.4) is 0 Å². The fourth-order valence-electron chi connectivity index (χ4n) is 0.435. The van der Waals surface area contributed by atoms with Gasteiger partial charge in [0.2, 0.25) is 0 Å². The van der Waals surface area contributed by atoms with Crippen LogP contribution in [0.2, 0.25) is 4.71 Å². The quantitative estimate of drug-likeness (QED) is 0.580. The topological polar surface area (TPSA) is 57.5 Å². The second-order valence-corrected chi connectivity index (χ2v) is 3.50. The third kappa shape index (κ3) is 4.49. The van der Waals surface area contributed by atoms with E-state index in [0.29, 0.717) is 12.8 Å². The summed E-state index contributed by atoms with van der Waals surface area (Å²) in [5, 5.41) is 16.7. The minimum atomic E-state index is -0.761. The van der Waals surface area contributed by atoms with Crippen LogP contribution in [-0.4, -0.2) is 39.6 Å². The molecule has 54 valence electrons. The average molecular weight is 194 g/mol. The minimum absolute atomic E-state index is 0.0910. The fraction of sp³-hybridized carbons (Fsp3) is 0.800. The zero-order valence-corrected chi connectivity index (χ0v) is 7.50. The van der Waals surface area contributed by atoms with Gasteiger partial charge >= 0.3 is 62.0 Å². The number of carboxylic acid groups (broad SMARTS) is 1. The van der Waals surface area contributed by atoms with Crippen LogP contribution in [-0.2, 0) is 4.79 Å². The van der Waals surface area contributed by atoms with Gasteiger partial charge in [-0.2, -0.15) is 0 Å². The second kappa shape index (κ2) is 4.83. The van der Waals surface area contributed by atoms with E-state index in [2.05, 4.69) is 0 Å². The van der Waals surface area contributed by atoms with E-state index in [-0.39, 0.29) is 11.3 Å². The van der Waals surface area contributed by atoms with Crippen molar-refractivity contribution in [1.29, 1.82) is 0 Å². The third-order valence-corrected chi connectivity index (χ3v) is 2.29. The van der Waals surface area contributed by atoms with E-state index >= 15 is 0 Å². The van der Waals surface area contributed by atoms with Crippen molar-refractivity contribution in [1.82, 2.24) is 0 Å². The van der Waals surface area contributed by atoms with Gasteiger partial charge in [-0.3, -0.25) is 0 Å². The van der Waals surface area contributed by atoms with E-state index in [1.807, 2.05) is 0 Å². The summed E-state index contributed by atoms with van der Waals surface area (Å²) in [4.78, 5) is 10.1. The Morgan fingerprint density at radius 1 is 1.67 bits per heavy atom. The summed E-state index contributed by atoms with van der Waals surface area (Å²) >= 11 is 1.21. The van der Waals surface area contributed by atoms with Crippen LogP contribution in [0.5, 0.6) is 0 Å². The Balaban J connectivity index is 3.27. The Morgan fingerprint density at radius 2 is 2.22 bits per heavy atom. The van der Waals surface area contributed by atoms with Crippen LogP contribution in [0.25, 0.3) is 0 Å². The summed E-state index contributed by atoms with van der Waals surface area (Å²) in [5.74, 6) is -0.761. The molecule has 0 aliphatic carbocycles. The Labute approximate surface area is 62.6 Å². The first kappa shape index (κ1) is 8.99. The van der Waals surface area contributed by atoms with Crippen molar-refractivity contribution in [2.45, 2.75) is 17.5 Å². The molecule has 0 aromatic carbocycles. The SMILES string of the molecule is O=C(O)C([AsH2])CCCO. The maximum atomic E-state index is 10.1. The molecular formula is C5H11AsO3. The first-order valence-corrected chi connectivity index (χ1v) is 4.17. The molecule has 0 heterocycles. The number of carboxylic acids is 1. The predicted molar refractivity (Wildman–Crippen MR) is 36.2 cm³/mol. The first-order valence-electron chi connectivity index (χ1n) is 2.77. The Bertz CT molecular complexity index is 94.2. The van der Waals surface area contributed by atoms with Gasteiger partial charge in [-0.15, -0.1) is 0 Å². The van der Waals surface area contributed by atoms with Crippen molar-refractivity contribution in [2.75, 3.05) is 6.61 Å². The van der Waals surface area contributed by atoms with Gasteiger partial charge in [-0.1, -0.05) is 0 Å². The number of aliphatic hydroxyl groups is 1. The Hall–Kier alpha value is -0.0116. The number of hydrogen-bond acceptors (Lipinski definition) is 2. The van der Waals surface area contributed by atoms with Crippen LogP contribution >= 0.6 is 0 Å². The molecule has 2 N–H and O–H groups in total. The molecule has 0 amide bonds. The van der Waals surface area contributed by atoms with Gasteiger partial charge in [0.25, 0.3) is 0 Å². The van der Waals surface area contributed by atoms with Gasteiger partial charge in [0.1, 0.15) is 0 Å². The van der Waals surface area contributed by atoms with Gasteiger partial charge in [0.05, 0.1) is 0 Å². The van der Waals surface area contributed by atoms with E-state index in [1.54, 1.807) is 0 Å². The van der Waals surface area contributed by atoms with Crippen molar-refractivity contribution in [2.24, 2.45) is 0 Å². The molecule has 0 fully saturated rings. The van der Waals surface area contributed by atoms with Gasteiger partial charge in [0.15, 0.2) is 0 Å². The molecule has 0 saturated carbocycles. The van der Waals surface area contributed by atoms with Crippen molar-refractivity contribution < 1.29 is 15.0 Å². The maximum absolute atomic E-state index is 10.1. The number of aliphatic hydroxyl groups excluding tert-OH is 1. The van der Waals surface area contributed by atoms with Gasteiger partial charge in [-0.25, -0.2) is 0 Å². The first-order chi connectivity index (χ1) is 4.18. The molecule has 0 radical (unpaired) electrons. The summed E-state index contributed by atoms with van der Waals surface area (Å²) in [6.45, 7) is 0.0910. The molecular weight excluding hydrogens is 183 g/mol. The van der Waals surface area contributed by atoms with Gasteiger partial charge < -0.3 is 0 Å². The molecule has 9 heavy (non-hydrogen) atoms.